The molecular formula is C12H12N2O3. The Morgan fingerprint density at radius 3 is 2.65 bits per heavy atom. The Morgan fingerprint density at radius 1 is 1.41 bits per heavy atom. The van der Waals surface area contributed by atoms with Crippen molar-refractivity contribution >= 4 is 11.6 Å². The molecule has 2 rings (SSSR count). The van der Waals surface area contributed by atoms with Crippen molar-refractivity contribution in [2.24, 2.45) is 0 Å². The molecule has 0 spiro atoms. The topological polar surface area (TPSA) is 75.4 Å². The summed E-state index contributed by atoms with van der Waals surface area (Å²) in [6, 6.07) is 8.48. The predicted molar refractivity (Wildman–Crippen MR) is 61.6 cm³/mol. The van der Waals surface area contributed by atoms with E-state index in [4.69, 9.17) is 9.63 Å². The molecule has 5 nitrogen and oxygen atoms in total. The average Bonchev–Trinajstić information content (AvgIpc) is 2.77. The molecule has 2 aromatic rings. The number of aliphatic hydroxyl groups excluding tert-OH is 1. The fraction of sp³-hybridized carbons (Fsp3) is 0.167. The number of aromatic nitrogens is 1. The molecule has 0 saturated heterocycles. The lowest BCUT2D eigenvalue weighted by Crippen LogP contribution is -2.12. The summed E-state index contributed by atoms with van der Waals surface area (Å²) in [5.74, 6) is 0.268. The largest absolute Gasteiger partial charge is 0.392 e. The Morgan fingerprint density at radius 2 is 2.12 bits per heavy atom. The molecule has 0 aliphatic rings. The number of benzene rings is 1. The Labute approximate surface area is 98.1 Å². The Hall–Kier alpha value is -2.14. The third-order valence-electron chi connectivity index (χ3n) is 2.25. The van der Waals surface area contributed by atoms with Crippen LogP contribution in [0, 0.1) is 6.92 Å². The van der Waals surface area contributed by atoms with Crippen LogP contribution < -0.4 is 5.32 Å². The normalized spacial score (nSPS) is 10.2. The summed E-state index contributed by atoms with van der Waals surface area (Å²) in [4.78, 5) is 11.7. The van der Waals surface area contributed by atoms with Crippen LogP contribution in [0.2, 0.25) is 0 Å². The van der Waals surface area contributed by atoms with E-state index in [0.29, 0.717) is 11.4 Å². The zero-order valence-electron chi connectivity index (χ0n) is 9.30. The van der Waals surface area contributed by atoms with E-state index in [2.05, 4.69) is 10.5 Å². The Kier molecular flexibility index (Phi) is 3.20. The minimum atomic E-state index is -0.321. The van der Waals surface area contributed by atoms with Crippen LogP contribution in [0.3, 0.4) is 0 Å². The van der Waals surface area contributed by atoms with Gasteiger partial charge < -0.3 is 14.9 Å². The first kappa shape index (κ1) is 11.3. The van der Waals surface area contributed by atoms with Gasteiger partial charge in [0.1, 0.15) is 5.76 Å². The van der Waals surface area contributed by atoms with E-state index in [0.717, 1.165) is 5.56 Å². The first-order valence-corrected chi connectivity index (χ1v) is 5.13. The number of nitrogens with one attached hydrogen (secondary N) is 1. The molecule has 88 valence electrons. The van der Waals surface area contributed by atoms with Crippen molar-refractivity contribution in [3.63, 3.8) is 0 Å². The fourth-order valence-electron chi connectivity index (χ4n) is 1.36. The van der Waals surface area contributed by atoms with Crippen molar-refractivity contribution in [3.05, 3.63) is 47.3 Å². The smallest absolute Gasteiger partial charge is 0.277 e. The Bertz CT molecular complexity index is 517. The zero-order valence-corrected chi connectivity index (χ0v) is 9.30. The van der Waals surface area contributed by atoms with Gasteiger partial charge in [0, 0.05) is 11.8 Å². The first-order chi connectivity index (χ1) is 8.19. The number of hydrogen-bond donors (Lipinski definition) is 2. The van der Waals surface area contributed by atoms with Crippen LogP contribution in [-0.4, -0.2) is 16.2 Å². The highest BCUT2D eigenvalue weighted by Crippen LogP contribution is 2.11. The lowest BCUT2D eigenvalue weighted by Gasteiger charge is -2.03. The van der Waals surface area contributed by atoms with Gasteiger partial charge in [-0.25, -0.2) is 0 Å². The number of amides is 1. The van der Waals surface area contributed by atoms with Gasteiger partial charge >= 0.3 is 0 Å². The molecule has 1 aromatic carbocycles. The molecule has 1 amide bonds. The molecule has 5 heteroatoms. The maximum atomic E-state index is 11.7. The molecule has 0 atom stereocenters. The molecule has 2 N–H and O–H groups in total. The van der Waals surface area contributed by atoms with Gasteiger partial charge in [0.25, 0.3) is 5.91 Å². The quantitative estimate of drug-likeness (QED) is 0.845. The van der Waals surface area contributed by atoms with Crippen molar-refractivity contribution in [2.75, 3.05) is 5.32 Å². The number of carbonyl (C=O) groups is 1. The van der Waals surface area contributed by atoms with Crippen LogP contribution >= 0.6 is 0 Å². The molecule has 0 aliphatic heterocycles. The van der Waals surface area contributed by atoms with Crippen LogP contribution in [0.5, 0.6) is 0 Å². The van der Waals surface area contributed by atoms with E-state index >= 15 is 0 Å². The number of anilines is 1. The summed E-state index contributed by atoms with van der Waals surface area (Å²) in [5, 5.41) is 15.2. The number of hydrogen-bond acceptors (Lipinski definition) is 4. The van der Waals surface area contributed by atoms with Crippen molar-refractivity contribution in [3.8, 4) is 0 Å². The number of nitrogens with zero attached hydrogens (tertiary/aromatic N) is 1. The molecule has 1 heterocycles. The molecule has 0 bridgehead atoms. The second kappa shape index (κ2) is 4.80. The van der Waals surface area contributed by atoms with Gasteiger partial charge in [0.15, 0.2) is 5.69 Å². The lowest BCUT2D eigenvalue weighted by molar-refractivity contribution is 0.101. The predicted octanol–water partition coefficient (Wildman–Crippen LogP) is 1.73. The molecule has 0 unspecified atom stereocenters. The summed E-state index contributed by atoms with van der Waals surface area (Å²) in [6.07, 6.45) is 0. The van der Waals surface area contributed by atoms with Crippen molar-refractivity contribution < 1.29 is 14.4 Å². The van der Waals surface area contributed by atoms with Crippen LogP contribution in [0.15, 0.2) is 34.9 Å². The van der Waals surface area contributed by atoms with Crippen LogP contribution in [0.25, 0.3) is 0 Å². The van der Waals surface area contributed by atoms with Gasteiger partial charge in [-0.3, -0.25) is 4.79 Å². The molecule has 0 aliphatic carbocycles. The maximum absolute atomic E-state index is 11.7. The van der Waals surface area contributed by atoms with Crippen molar-refractivity contribution in [1.29, 1.82) is 0 Å². The highest BCUT2D eigenvalue weighted by molar-refractivity contribution is 6.02. The number of rotatable bonds is 3. The standard InChI is InChI=1S/C12H12N2O3/c1-8-6-11(14-17-8)12(16)13-10-4-2-9(7-15)3-5-10/h2-6,15H,7H2,1H3,(H,13,16). The lowest BCUT2D eigenvalue weighted by atomic mass is 10.2. The SMILES string of the molecule is Cc1cc(C(=O)Nc2ccc(CO)cc2)no1. The van der Waals surface area contributed by atoms with Gasteiger partial charge in [0.2, 0.25) is 0 Å². The van der Waals surface area contributed by atoms with Gasteiger partial charge in [0.05, 0.1) is 6.61 Å². The fourth-order valence-corrected chi connectivity index (χ4v) is 1.36. The van der Waals surface area contributed by atoms with E-state index in [1.807, 2.05) is 0 Å². The van der Waals surface area contributed by atoms with Crippen molar-refractivity contribution in [2.45, 2.75) is 13.5 Å². The average molecular weight is 232 g/mol. The van der Waals surface area contributed by atoms with Gasteiger partial charge in [-0.2, -0.15) is 0 Å². The summed E-state index contributed by atoms with van der Waals surface area (Å²) < 4.78 is 4.82. The van der Waals surface area contributed by atoms with Crippen LogP contribution in [0.4, 0.5) is 5.69 Å². The monoisotopic (exact) mass is 232 g/mol. The summed E-state index contributed by atoms with van der Waals surface area (Å²) >= 11 is 0. The van der Waals surface area contributed by atoms with Gasteiger partial charge in [-0.05, 0) is 24.6 Å². The zero-order chi connectivity index (χ0) is 12.3. The first-order valence-electron chi connectivity index (χ1n) is 5.13. The second-order valence-corrected chi connectivity index (χ2v) is 3.63. The van der Waals surface area contributed by atoms with Gasteiger partial charge in [-0.15, -0.1) is 0 Å². The summed E-state index contributed by atoms with van der Waals surface area (Å²) in [7, 11) is 0. The molecule has 1 aromatic heterocycles. The van der Waals surface area contributed by atoms with E-state index in [9.17, 15) is 4.79 Å². The van der Waals surface area contributed by atoms with Gasteiger partial charge in [-0.1, -0.05) is 17.3 Å². The minimum Gasteiger partial charge on any atom is -0.392 e. The van der Waals surface area contributed by atoms with E-state index in [-0.39, 0.29) is 18.2 Å². The summed E-state index contributed by atoms with van der Waals surface area (Å²) in [5.41, 5.74) is 1.68. The van der Waals surface area contributed by atoms with Crippen LogP contribution in [-0.2, 0) is 6.61 Å². The van der Waals surface area contributed by atoms with Crippen molar-refractivity contribution in [1.82, 2.24) is 5.16 Å². The van der Waals surface area contributed by atoms with Crippen LogP contribution in [0.1, 0.15) is 21.8 Å². The third kappa shape index (κ3) is 2.70. The van der Waals surface area contributed by atoms with E-state index in [1.165, 1.54) is 0 Å². The molecule has 17 heavy (non-hydrogen) atoms. The molecule has 0 radical (unpaired) electrons. The number of aryl methyl sites for hydroxylation is 1. The van der Waals surface area contributed by atoms with E-state index < -0.39 is 0 Å². The molecular weight excluding hydrogens is 220 g/mol. The minimum absolute atomic E-state index is 0.0172. The molecule has 0 fully saturated rings. The Balaban J connectivity index is 2.07. The highest BCUT2D eigenvalue weighted by atomic mass is 16.5. The molecule has 0 saturated carbocycles. The highest BCUT2D eigenvalue weighted by Gasteiger charge is 2.10. The third-order valence-corrected chi connectivity index (χ3v) is 2.25. The second-order valence-electron chi connectivity index (χ2n) is 3.63. The van der Waals surface area contributed by atoms with E-state index in [1.54, 1.807) is 37.3 Å². The maximum Gasteiger partial charge on any atom is 0.277 e. The number of aliphatic hydroxyl groups is 1. The number of carbonyl (C=O) groups excluding carboxylic acids is 1. The summed E-state index contributed by atoms with van der Waals surface area (Å²) in [6.45, 7) is 1.70.